The van der Waals surface area contributed by atoms with Crippen LogP contribution < -0.4 is 5.73 Å². The van der Waals surface area contributed by atoms with Gasteiger partial charge in [0, 0.05) is 18.0 Å². The van der Waals surface area contributed by atoms with Crippen LogP contribution in [0.3, 0.4) is 0 Å². The van der Waals surface area contributed by atoms with E-state index in [1.807, 2.05) is 6.92 Å². The molecule has 2 rings (SSSR count). The third-order valence-electron chi connectivity index (χ3n) is 3.31. The summed E-state index contributed by atoms with van der Waals surface area (Å²) in [5, 5.41) is 8.37. The minimum Gasteiger partial charge on any atom is -0.325 e. The molecule has 4 nitrogen and oxygen atoms in total. The molecule has 0 saturated heterocycles. The van der Waals surface area contributed by atoms with Crippen LogP contribution in [-0.4, -0.2) is 20.3 Å². The second-order valence-corrected chi connectivity index (χ2v) is 5.02. The fourth-order valence-corrected chi connectivity index (χ4v) is 2.33. The average molecular weight is 208 g/mol. The zero-order valence-electron chi connectivity index (χ0n) is 9.82. The first-order valence-electron chi connectivity index (χ1n) is 5.71. The highest BCUT2D eigenvalue weighted by atomic mass is 15.3. The Kier molecular flexibility index (Phi) is 2.54. The van der Waals surface area contributed by atoms with Gasteiger partial charge < -0.3 is 10.3 Å². The van der Waals surface area contributed by atoms with Gasteiger partial charge >= 0.3 is 0 Å². The SMILES string of the molecule is Cc1nnc(CC2(N)CCC2)n1C(C)C. The molecule has 15 heavy (non-hydrogen) atoms. The molecule has 4 heteroatoms. The molecule has 0 spiro atoms. The van der Waals surface area contributed by atoms with E-state index in [2.05, 4.69) is 28.6 Å². The zero-order chi connectivity index (χ0) is 11.1. The number of nitrogens with two attached hydrogens (primary N) is 1. The summed E-state index contributed by atoms with van der Waals surface area (Å²) in [7, 11) is 0. The van der Waals surface area contributed by atoms with Crippen molar-refractivity contribution in [3.05, 3.63) is 11.6 Å². The molecular formula is C11H20N4. The van der Waals surface area contributed by atoms with Gasteiger partial charge in [-0.15, -0.1) is 10.2 Å². The maximum atomic E-state index is 6.23. The number of hydrogen-bond donors (Lipinski definition) is 1. The highest BCUT2D eigenvalue weighted by Gasteiger charge is 2.34. The second kappa shape index (κ2) is 3.59. The Labute approximate surface area is 90.9 Å². The summed E-state index contributed by atoms with van der Waals surface area (Å²) < 4.78 is 2.19. The van der Waals surface area contributed by atoms with Gasteiger partial charge in [0.05, 0.1) is 0 Å². The van der Waals surface area contributed by atoms with Gasteiger partial charge in [-0.1, -0.05) is 0 Å². The Bertz CT molecular complexity index is 349. The molecule has 0 radical (unpaired) electrons. The Hall–Kier alpha value is -0.900. The van der Waals surface area contributed by atoms with E-state index in [0.717, 1.165) is 30.9 Å². The molecule has 1 aliphatic rings. The molecule has 0 bridgehead atoms. The van der Waals surface area contributed by atoms with Crippen LogP contribution in [0.4, 0.5) is 0 Å². The van der Waals surface area contributed by atoms with Crippen LogP contribution in [0.25, 0.3) is 0 Å². The van der Waals surface area contributed by atoms with E-state index >= 15 is 0 Å². The lowest BCUT2D eigenvalue weighted by Crippen LogP contribution is -2.49. The molecule has 0 atom stereocenters. The molecule has 0 aromatic carbocycles. The summed E-state index contributed by atoms with van der Waals surface area (Å²) >= 11 is 0. The number of aromatic nitrogens is 3. The number of nitrogens with zero attached hydrogens (tertiary/aromatic N) is 3. The highest BCUT2D eigenvalue weighted by molar-refractivity contribution is 5.05. The minimum absolute atomic E-state index is 0.00782. The molecule has 0 amide bonds. The summed E-state index contributed by atoms with van der Waals surface area (Å²) in [5.41, 5.74) is 6.22. The van der Waals surface area contributed by atoms with Crippen molar-refractivity contribution in [3.8, 4) is 0 Å². The van der Waals surface area contributed by atoms with Crippen molar-refractivity contribution in [2.75, 3.05) is 0 Å². The van der Waals surface area contributed by atoms with Gasteiger partial charge in [0.2, 0.25) is 0 Å². The van der Waals surface area contributed by atoms with Gasteiger partial charge in [0.25, 0.3) is 0 Å². The summed E-state index contributed by atoms with van der Waals surface area (Å²) in [6, 6.07) is 0.415. The van der Waals surface area contributed by atoms with Crippen molar-refractivity contribution in [2.24, 2.45) is 5.73 Å². The summed E-state index contributed by atoms with van der Waals surface area (Å²) in [4.78, 5) is 0. The topological polar surface area (TPSA) is 56.7 Å². The molecule has 1 fully saturated rings. The molecule has 1 aromatic rings. The van der Waals surface area contributed by atoms with Gasteiger partial charge in [-0.25, -0.2) is 0 Å². The minimum atomic E-state index is -0.00782. The average Bonchev–Trinajstić information content (AvgIpc) is 2.44. The fraction of sp³-hybridized carbons (Fsp3) is 0.818. The van der Waals surface area contributed by atoms with Crippen molar-refractivity contribution >= 4 is 0 Å². The van der Waals surface area contributed by atoms with Crippen molar-refractivity contribution in [2.45, 2.75) is 58.0 Å². The van der Waals surface area contributed by atoms with E-state index in [4.69, 9.17) is 5.73 Å². The predicted molar refractivity (Wildman–Crippen MR) is 59.6 cm³/mol. The summed E-state index contributed by atoms with van der Waals surface area (Å²) in [5.74, 6) is 2.03. The van der Waals surface area contributed by atoms with E-state index < -0.39 is 0 Å². The maximum absolute atomic E-state index is 6.23. The van der Waals surface area contributed by atoms with E-state index in [1.54, 1.807) is 0 Å². The molecule has 1 heterocycles. The molecule has 84 valence electrons. The first-order valence-corrected chi connectivity index (χ1v) is 5.71. The van der Waals surface area contributed by atoms with Crippen LogP contribution in [0.2, 0.25) is 0 Å². The zero-order valence-corrected chi connectivity index (χ0v) is 9.82. The quantitative estimate of drug-likeness (QED) is 0.820. The van der Waals surface area contributed by atoms with Crippen LogP contribution in [0.1, 0.15) is 50.8 Å². The number of rotatable bonds is 3. The molecular weight excluding hydrogens is 188 g/mol. The summed E-state index contributed by atoms with van der Waals surface area (Å²) in [6.45, 7) is 6.31. The lowest BCUT2D eigenvalue weighted by atomic mass is 9.75. The van der Waals surface area contributed by atoms with Crippen molar-refractivity contribution in [3.63, 3.8) is 0 Å². The molecule has 0 aliphatic heterocycles. The number of aryl methyl sites for hydroxylation is 1. The van der Waals surface area contributed by atoms with Gasteiger partial charge in [0.15, 0.2) is 0 Å². The largest absolute Gasteiger partial charge is 0.325 e. The monoisotopic (exact) mass is 208 g/mol. The van der Waals surface area contributed by atoms with E-state index in [0.29, 0.717) is 6.04 Å². The lowest BCUT2D eigenvalue weighted by molar-refractivity contribution is 0.239. The van der Waals surface area contributed by atoms with Crippen molar-refractivity contribution < 1.29 is 0 Å². The fourth-order valence-electron chi connectivity index (χ4n) is 2.33. The Morgan fingerprint density at radius 2 is 2.07 bits per heavy atom. The maximum Gasteiger partial charge on any atom is 0.135 e. The Morgan fingerprint density at radius 1 is 1.40 bits per heavy atom. The normalized spacial score (nSPS) is 19.3. The third kappa shape index (κ3) is 1.91. The second-order valence-electron chi connectivity index (χ2n) is 5.02. The van der Waals surface area contributed by atoms with Gasteiger partial charge in [-0.2, -0.15) is 0 Å². The molecule has 0 unspecified atom stereocenters. The van der Waals surface area contributed by atoms with E-state index in [9.17, 15) is 0 Å². The van der Waals surface area contributed by atoms with Crippen LogP contribution in [0, 0.1) is 6.92 Å². The molecule has 1 aliphatic carbocycles. The van der Waals surface area contributed by atoms with Crippen molar-refractivity contribution in [1.29, 1.82) is 0 Å². The van der Waals surface area contributed by atoms with Gasteiger partial charge in [-0.3, -0.25) is 0 Å². The smallest absolute Gasteiger partial charge is 0.135 e. The lowest BCUT2D eigenvalue weighted by Gasteiger charge is -2.37. The van der Waals surface area contributed by atoms with Crippen LogP contribution in [-0.2, 0) is 6.42 Å². The Morgan fingerprint density at radius 3 is 2.53 bits per heavy atom. The van der Waals surface area contributed by atoms with Crippen LogP contribution in [0.15, 0.2) is 0 Å². The number of hydrogen-bond acceptors (Lipinski definition) is 3. The molecule has 1 aromatic heterocycles. The van der Waals surface area contributed by atoms with E-state index in [1.165, 1.54) is 6.42 Å². The van der Waals surface area contributed by atoms with Gasteiger partial charge in [-0.05, 0) is 40.0 Å². The standard InChI is InChI=1S/C11H20N4/c1-8(2)15-9(3)13-14-10(15)7-11(12)5-4-6-11/h8H,4-7,12H2,1-3H3. The van der Waals surface area contributed by atoms with Crippen LogP contribution in [0.5, 0.6) is 0 Å². The first-order chi connectivity index (χ1) is 7.02. The molecule has 2 N–H and O–H groups in total. The van der Waals surface area contributed by atoms with Crippen molar-refractivity contribution in [1.82, 2.24) is 14.8 Å². The predicted octanol–water partition coefficient (Wildman–Crippen LogP) is 1.59. The van der Waals surface area contributed by atoms with E-state index in [-0.39, 0.29) is 5.54 Å². The van der Waals surface area contributed by atoms with Gasteiger partial charge in [0.1, 0.15) is 11.6 Å². The highest BCUT2D eigenvalue weighted by Crippen LogP contribution is 2.32. The third-order valence-corrected chi connectivity index (χ3v) is 3.31. The Balaban J connectivity index is 2.20. The molecule has 1 saturated carbocycles. The van der Waals surface area contributed by atoms with Crippen LogP contribution >= 0.6 is 0 Å². The first kappa shape index (κ1) is 10.6. The summed E-state index contributed by atoms with van der Waals surface area (Å²) in [6.07, 6.45) is 4.37.